The smallest absolute Gasteiger partial charge is 0.207 e. The molecular formula is C5H11NO3. The van der Waals surface area contributed by atoms with Crippen LogP contribution in [0.4, 0.5) is 0 Å². The summed E-state index contributed by atoms with van der Waals surface area (Å²) in [5.41, 5.74) is 0. The molecule has 0 atom stereocenters. The Bertz CT molecular complexity index is 74.6. The predicted octanol–water partition coefficient (Wildman–Crippen LogP) is -1.18. The van der Waals surface area contributed by atoms with Gasteiger partial charge in [0, 0.05) is 6.54 Å². The van der Waals surface area contributed by atoms with Gasteiger partial charge in [0.25, 0.3) is 0 Å². The molecular weight excluding hydrogens is 122 g/mol. The maximum Gasteiger partial charge on any atom is 0.207 e. The lowest BCUT2D eigenvalue weighted by Gasteiger charge is -2.00. The van der Waals surface area contributed by atoms with Crippen molar-refractivity contribution < 1.29 is 15.0 Å². The lowest BCUT2D eigenvalue weighted by atomic mass is 10.3. The molecule has 1 amide bonds. The van der Waals surface area contributed by atoms with E-state index in [1.54, 1.807) is 0 Å². The monoisotopic (exact) mass is 133 g/mol. The molecule has 0 saturated carbocycles. The fraction of sp³-hybridized carbons (Fsp3) is 0.800. The first-order chi connectivity index (χ1) is 4.27. The molecule has 0 unspecified atom stereocenters. The second kappa shape index (κ2) is 5.53. The van der Waals surface area contributed by atoms with Gasteiger partial charge in [-0.2, -0.15) is 0 Å². The Hall–Kier alpha value is -0.610. The van der Waals surface area contributed by atoms with E-state index >= 15 is 0 Å². The van der Waals surface area contributed by atoms with Crippen LogP contribution in [0.25, 0.3) is 0 Å². The van der Waals surface area contributed by atoms with Gasteiger partial charge in [0.2, 0.25) is 6.41 Å². The van der Waals surface area contributed by atoms with Gasteiger partial charge in [-0.05, 0) is 12.8 Å². The van der Waals surface area contributed by atoms with Crippen molar-refractivity contribution >= 4 is 6.41 Å². The summed E-state index contributed by atoms with van der Waals surface area (Å²) in [6.45, 7) is 0.501. The summed E-state index contributed by atoms with van der Waals surface area (Å²) < 4.78 is 0. The van der Waals surface area contributed by atoms with E-state index in [0.29, 0.717) is 25.8 Å². The van der Waals surface area contributed by atoms with Gasteiger partial charge in [-0.3, -0.25) is 4.79 Å². The molecule has 0 aliphatic heterocycles. The predicted molar refractivity (Wildman–Crippen MR) is 31.5 cm³/mol. The number of rotatable bonds is 5. The Labute approximate surface area is 53.5 Å². The summed E-state index contributed by atoms with van der Waals surface area (Å²) in [5.74, 6) is 0. The zero-order chi connectivity index (χ0) is 7.11. The number of carbonyl (C=O) groups excluding carboxylic acids is 1. The number of aliphatic hydroxyl groups excluding tert-OH is 1. The molecule has 0 saturated heterocycles. The van der Waals surface area contributed by atoms with E-state index in [-0.39, 0.29) is 0 Å². The lowest BCUT2D eigenvalue weighted by Crippen LogP contribution is -2.14. The van der Waals surface area contributed by atoms with Gasteiger partial charge in [-0.1, -0.05) is 0 Å². The molecule has 0 bridgehead atoms. The van der Waals surface area contributed by atoms with Gasteiger partial charge in [-0.25, -0.2) is 0 Å². The van der Waals surface area contributed by atoms with Crippen molar-refractivity contribution in [1.82, 2.24) is 5.32 Å². The zero-order valence-corrected chi connectivity index (χ0v) is 5.08. The van der Waals surface area contributed by atoms with Crippen LogP contribution in [0.1, 0.15) is 12.8 Å². The molecule has 4 heteroatoms. The Balaban J connectivity index is 2.82. The van der Waals surface area contributed by atoms with Crippen molar-refractivity contribution in [2.24, 2.45) is 0 Å². The number of hydrogen-bond donors (Lipinski definition) is 3. The van der Waals surface area contributed by atoms with E-state index in [0.717, 1.165) is 0 Å². The van der Waals surface area contributed by atoms with Crippen molar-refractivity contribution in [3.8, 4) is 0 Å². The molecule has 0 spiro atoms. The number of nitrogens with one attached hydrogen (secondary N) is 1. The minimum Gasteiger partial charge on any atom is -0.368 e. The maximum atomic E-state index is 9.61. The van der Waals surface area contributed by atoms with Crippen LogP contribution in [0, 0.1) is 0 Å². The summed E-state index contributed by atoms with van der Waals surface area (Å²) in [4.78, 5) is 9.61. The molecule has 54 valence electrons. The summed E-state index contributed by atoms with van der Waals surface area (Å²) in [7, 11) is 0. The van der Waals surface area contributed by atoms with Crippen molar-refractivity contribution in [1.29, 1.82) is 0 Å². The first-order valence-electron chi connectivity index (χ1n) is 2.80. The van der Waals surface area contributed by atoms with Gasteiger partial charge >= 0.3 is 0 Å². The Kier molecular flexibility index (Phi) is 5.15. The molecule has 0 aromatic heterocycles. The largest absolute Gasteiger partial charge is 0.368 e. The molecule has 0 fully saturated rings. The molecule has 0 radical (unpaired) electrons. The fourth-order valence-corrected chi connectivity index (χ4v) is 0.446. The van der Waals surface area contributed by atoms with Crippen LogP contribution in [0.3, 0.4) is 0 Å². The first-order valence-corrected chi connectivity index (χ1v) is 2.80. The number of carbonyl (C=O) groups is 1. The SMILES string of the molecule is O=CNCCCC(O)O. The minimum absolute atomic E-state index is 0.306. The van der Waals surface area contributed by atoms with Crippen molar-refractivity contribution in [2.45, 2.75) is 19.1 Å². The van der Waals surface area contributed by atoms with E-state index in [4.69, 9.17) is 10.2 Å². The summed E-state index contributed by atoms with van der Waals surface area (Å²) in [5, 5.41) is 19.0. The molecule has 0 aliphatic carbocycles. The molecule has 0 rings (SSSR count). The second-order valence-electron chi connectivity index (χ2n) is 1.69. The molecule has 0 aromatic rings. The van der Waals surface area contributed by atoms with Crippen LogP contribution in [0.15, 0.2) is 0 Å². The van der Waals surface area contributed by atoms with Crippen molar-refractivity contribution in [3.63, 3.8) is 0 Å². The van der Waals surface area contributed by atoms with E-state index in [1.807, 2.05) is 0 Å². The minimum atomic E-state index is -1.25. The highest BCUT2D eigenvalue weighted by Crippen LogP contribution is 1.89. The summed E-state index contributed by atoms with van der Waals surface area (Å²) in [6.07, 6.45) is 0.236. The van der Waals surface area contributed by atoms with E-state index in [1.165, 1.54) is 0 Å². The van der Waals surface area contributed by atoms with Crippen LogP contribution in [0.5, 0.6) is 0 Å². The highest BCUT2D eigenvalue weighted by Gasteiger charge is 1.94. The second-order valence-corrected chi connectivity index (χ2v) is 1.69. The van der Waals surface area contributed by atoms with Crippen LogP contribution in [0.2, 0.25) is 0 Å². The van der Waals surface area contributed by atoms with Crippen LogP contribution >= 0.6 is 0 Å². The highest BCUT2D eigenvalue weighted by molar-refractivity contribution is 5.45. The van der Waals surface area contributed by atoms with Gasteiger partial charge < -0.3 is 15.5 Å². The Morgan fingerprint density at radius 3 is 2.67 bits per heavy atom. The van der Waals surface area contributed by atoms with E-state index in [2.05, 4.69) is 5.32 Å². The first kappa shape index (κ1) is 8.39. The van der Waals surface area contributed by atoms with Gasteiger partial charge in [-0.15, -0.1) is 0 Å². The van der Waals surface area contributed by atoms with Crippen molar-refractivity contribution in [2.75, 3.05) is 6.54 Å². The van der Waals surface area contributed by atoms with Crippen LogP contribution < -0.4 is 5.32 Å². The van der Waals surface area contributed by atoms with Gasteiger partial charge in [0.05, 0.1) is 0 Å². The molecule has 0 aliphatic rings. The average Bonchev–Trinajstić information content (AvgIpc) is 1.80. The van der Waals surface area contributed by atoms with Gasteiger partial charge in [0.15, 0.2) is 6.29 Å². The number of hydrogen-bond acceptors (Lipinski definition) is 3. The fourth-order valence-electron chi connectivity index (χ4n) is 0.446. The zero-order valence-electron chi connectivity index (χ0n) is 5.08. The molecule has 0 aromatic carbocycles. The van der Waals surface area contributed by atoms with Crippen LogP contribution in [-0.2, 0) is 4.79 Å². The summed E-state index contributed by atoms with van der Waals surface area (Å²) in [6, 6.07) is 0. The molecule has 3 N–H and O–H groups in total. The normalized spacial score (nSPS) is 9.67. The Morgan fingerprint density at radius 1 is 1.56 bits per heavy atom. The van der Waals surface area contributed by atoms with Crippen molar-refractivity contribution in [3.05, 3.63) is 0 Å². The Morgan fingerprint density at radius 2 is 2.22 bits per heavy atom. The molecule has 4 nitrogen and oxygen atoms in total. The quantitative estimate of drug-likeness (QED) is 0.251. The third-order valence-electron chi connectivity index (χ3n) is 0.867. The average molecular weight is 133 g/mol. The topological polar surface area (TPSA) is 69.6 Å². The molecule has 9 heavy (non-hydrogen) atoms. The summed E-state index contributed by atoms with van der Waals surface area (Å²) >= 11 is 0. The van der Waals surface area contributed by atoms with E-state index < -0.39 is 6.29 Å². The third kappa shape index (κ3) is 7.39. The number of amides is 1. The highest BCUT2D eigenvalue weighted by atomic mass is 16.5. The standard InChI is InChI=1S/C5H11NO3/c7-4-6-3-1-2-5(8)9/h4-5,8-9H,1-3H2,(H,6,7). The number of aliphatic hydroxyl groups is 2. The van der Waals surface area contributed by atoms with E-state index in [9.17, 15) is 4.79 Å². The molecule has 0 heterocycles. The lowest BCUT2D eigenvalue weighted by molar-refractivity contribution is -0.109. The third-order valence-corrected chi connectivity index (χ3v) is 0.867. The van der Waals surface area contributed by atoms with Crippen LogP contribution in [-0.4, -0.2) is 29.5 Å². The maximum absolute atomic E-state index is 9.61. The van der Waals surface area contributed by atoms with Gasteiger partial charge in [0.1, 0.15) is 0 Å².